The van der Waals surface area contributed by atoms with Crippen molar-refractivity contribution in [3.05, 3.63) is 22.8 Å². The van der Waals surface area contributed by atoms with Crippen LogP contribution in [0.5, 0.6) is 0 Å². The van der Waals surface area contributed by atoms with Crippen LogP contribution in [0, 0.1) is 13.8 Å². The zero-order valence-corrected chi connectivity index (χ0v) is 8.92. The van der Waals surface area contributed by atoms with Crippen LogP contribution in [0.25, 0.3) is 0 Å². The number of aromatic nitrogens is 2. The van der Waals surface area contributed by atoms with Gasteiger partial charge in [0.05, 0.1) is 11.4 Å². The van der Waals surface area contributed by atoms with E-state index in [9.17, 15) is 4.79 Å². The molecule has 1 aliphatic rings. The minimum Gasteiger partial charge on any atom is -0.455 e. The third kappa shape index (κ3) is 1.73. The predicted molar refractivity (Wildman–Crippen MR) is 52.0 cm³/mol. The van der Waals surface area contributed by atoms with Crippen molar-refractivity contribution in [3.8, 4) is 0 Å². The summed E-state index contributed by atoms with van der Waals surface area (Å²) in [5.41, 5.74) is 1.96. The highest BCUT2D eigenvalue weighted by atomic mass is 16.5. The van der Waals surface area contributed by atoms with E-state index in [-0.39, 0.29) is 5.97 Å². The van der Waals surface area contributed by atoms with Gasteiger partial charge in [-0.15, -0.1) is 0 Å². The van der Waals surface area contributed by atoms with Crippen molar-refractivity contribution < 1.29 is 9.53 Å². The van der Waals surface area contributed by atoms with Crippen molar-refractivity contribution in [2.75, 3.05) is 0 Å². The third-order valence-electron chi connectivity index (χ3n) is 1.82. The van der Waals surface area contributed by atoms with E-state index in [2.05, 4.69) is 9.97 Å². The van der Waals surface area contributed by atoms with Gasteiger partial charge in [-0.25, -0.2) is 14.8 Å². The van der Waals surface area contributed by atoms with Crippen LogP contribution in [0.2, 0.25) is 0 Å². The number of aryl methyl sites for hydroxylation is 2. The Kier molecular flexibility index (Phi) is 3.17. The summed E-state index contributed by atoms with van der Waals surface area (Å²) in [4.78, 5) is 19.3. The second-order valence-electron chi connectivity index (χ2n) is 2.75. The van der Waals surface area contributed by atoms with Gasteiger partial charge in [0.25, 0.3) is 0 Å². The molecule has 0 atom stereocenters. The Labute approximate surface area is 83.3 Å². The first-order valence-electron chi connectivity index (χ1n) is 4.69. The molecule has 1 aromatic heterocycles. The number of fused-ring (bicyclic) bond motifs is 1. The van der Waals surface area contributed by atoms with Crippen LogP contribution < -0.4 is 0 Å². The molecular formula is C10H14N2O2. The maximum atomic E-state index is 11.1. The number of carbonyl (C=O) groups is 1. The predicted octanol–water partition coefficient (Wildman–Crippen LogP) is 1.79. The van der Waals surface area contributed by atoms with Gasteiger partial charge in [-0.2, -0.15) is 0 Å². The summed E-state index contributed by atoms with van der Waals surface area (Å²) in [6.07, 6.45) is 0. The third-order valence-corrected chi connectivity index (χ3v) is 1.82. The molecule has 0 aliphatic carbocycles. The SMILES string of the molecule is CC.Cc1nc(C)c2c(n1)COC2=O. The fourth-order valence-corrected chi connectivity index (χ4v) is 1.36. The highest BCUT2D eigenvalue weighted by molar-refractivity contribution is 5.93. The van der Waals surface area contributed by atoms with Crippen LogP contribution in [-0.2, 0) is 11.3 Å². The van der Waals surface area contributed by atoms with E-state index in [1.807, 2.05) is 13.8 Å². The molecule has 0 saturated heterocycles. The fraction of sp³-hybridized carbons (Fsp3) is 0.500. The molecule has 2 rings (SSSR count). The Morgan fingerprint density at radius 1 is 1.21 bits per heavy atom. The Balaban J connectivity index is 0.000000461. The maximum absolute atomic E-state index is 11.1. The number of rotatable bonds is 0. The van der Waals surface area contributed by atoms with Crippen LogP contribution in [0.1, 0.15) is 41.4 Å². The lowest BCUT2D eigenvalue weighted by atomic mass is 10.2. The maximum Gasteiger partial charge on any atom is 0.342 e. The topological polar surface area (TPSA) is 52.1 Å². The molecule has 0 radical (unpaired) electrons. The quantitative estimate of drug-likeness (QED) is 0.591. The van der Waals surface area contributed by atoms with E-state index in [0.29, 0.717) is 29.4 Å². The number of ether oxygens (including phenoxy) is 1. The molecule has 2 heterocycles. The molecule has 14 heavy (non-hydrogen) atoms. The van der Waals surface area contributed by atoms with Crippen molar-refractivity contribution in [2.24, 2.45) is 0 Å². The lowest BCUT2D eigenvalue weighted by molar-refractivity contribution is 0.0532. The average Bonchev–Trinajstić information content (AvgIpc) is 2.51. The number of hydrogen-bond donors (Lipinski definition) is 0. The van der Waals surface area contributed by atoms with E-state index in [0.717, 1.165) is 0 Å². The molecular weight excluding hydrogens is 180 g/mol. The summed E-state index contributed by atoms with van der Waals surface area (Å²) in [5.74, 6) is 0.382. The van der Waals surface area contributed by atoms with Gasteiger partial charge >= 0.3 is 5.97 Å². The summed E-state index contributed by atoms with van der Waals surface area (Å²) >= 11 is 0. The Morgan fingerprint density at radius 2 is 1.86 bits per heavy atom. The minimum absolute atomic E-state index is 0.290. The van der Waals surface area contributed by atoms with E-state index in [4.69, 9.17) is 4.74 Å². The number of hydrogen-bond acceptors (Lipinski definition) is 4. The summed E-state index contributed by atoms with van der Waals surface area (Å²) in [6.45, 7) is 7.88. The van der Waals surface area contributed by atoms with Gasteiger partial charge in [0.2, 0.25) is 0 Å². The van der Waals surface area contributed by atoms with Crippen molar-refractivity contribution in [1.29, 1.82) is 0 Å². The van der Waals surface area contributed by atoms with Crippen LogP contribution in [0.4, 0.5) is 0 Å². The van der Waals surface area contributed by atoms with Crippen LogP contribution in [0.15, 0.2) is 0 Å². The highest BCUT2D eigenvalue weighted by Crippen LogP contribution is 2.19. The van der Waals surface area contributed by atoms with E-state index in [1.165, 1.54) is 0 Å². The molecule has 0 spiro atoms. The van der Waals surface area contributed by atoms with E-state index < -0.39 is 0 Å². The van der Waals surface area contributed by atoms with Gasteiger partial charge < -0.3 is 4.74 Å². The Hall–Kier alpha value is -1.45. The average molecular weight is 194 g/mol. The minimum atomic E-state index is -0.303. The molecule has 0 fully saturated rings. The molecule has 4 heteroatoms. The van der Waals surface area contributed by atoms with E-state index >= 15 is 0 Å². The lowest BCUT2D eigenvalue weighted by Crippen LogP contribution is -2.02. The highest BCUT2D eigenvalue weighted by Gasteiger charge is 2.25. The van der Waals surface area contributed by atoms with Crippen LogP contribution in [-0.4, -0.2) is 15.9 Å². The van der Waals surface area contributed by atoms with Gasteiger partial charge in [-0.1, -0.05) is 13.8 Å². The molecule has 0 aromatic carbocycles. The van der Waals surface area contributed by atoms with Crippen LogP contribution >= 0.6 is 0 Å². The number of nitrogens with zero attached hydrogens (tertiary/aromatic N) is 2. The first kappa shape index (κ1) is 10.6. The number of cyclic esters (lactones) is 1. The van der Waals surface area contributed by atoms with Crippen molar-refractivity contribution >= 4 is 5.97 Å². The molecule has 1 aromatic rings. The van der Waals surface area contributed by atoms with Gasteiger partial charge in [0.15, 0.2) is 0 Å². The van der Waals surface area contributed by atoms with Crippen LogP contribution in [0.3, 0.4) is 0 Å². The molecule has 1 aliphatic heterocycles. The molecule has 0 N–H and O–H groups in total. The van der Waals surface area contributed by atoms with Crippen molar-refractivity contribution in [1.82, 2.24) is 9.97 Å². The molecule has 4 nitrogen and oxygen atoms in total. The van der Waals surface area contributed by atoms with Gasteiger partial charge in [-0.05, 0) is 13.8 Å². The summed E-state index contributed by atoms with van der Waals surface area (Å²) in [7, 11) is 0. The Morgan fingerprint density at radius 3 is 2.50 bits per heavy atom. The van der Waals surface area contributed by atoms with E-state index in [1.54, 1.807) is 13.8 Å². The molecule has 0 amide bonds. The zero-order valence-electron chi connectivity index (χ0n) is 8.92. The summed E-state index contributed by atoms with van der Waals surface area (Å²) < 4.78 is 4.82. The second kappa shape index (κ2) is 4.17. The molecule has 0 saturated carbocycles. The lowest BCUT2D eigenvalue weighted by Gasteiger charge is -1.98. The second-order valence-corrected chi connectivity index (χ2v) is 2.75. The largest absolute Gasteiger partial charge is 0.455 e. The monoisotopic (exact) mass is 194 g/mol. The first-order chi connectivity index (χ1) is 6.68. The number of carbonyl (C=O) groups excluding carboxylic acids is 1. The van der Waals surface area contributed by atoms with Gasteiger partial charge in [-0.3, -0.25) is 0 Å². The molecule has 0 unspecified atom stereocenters. The number of esters is 1. The Bertz CT molecular complexity index is 361. The van der Waals surface area contributed by atoms with Gasteiger partial charge in [0.1, 0.15) is 18.0 Å². The fourth-order valence-electron chi connectivity index (χ4n) is 1.36. The summed E-state index contributed by atoms with van der Waals surface area (Å²) in [5, 5.41) is 0. The smallest absolute Gasteiger partial charge is 0.342 e. The first-order valence-corrected chi connectivity index (χ1v) is 4.69. The standard InChI is InChI=1S/C8H8N2O2.C2H6/c1-4-7-6(3-12-8(7)11)10-5(2)9-4;1-2/h3H2,1-2H3;1-2H3. The van der Waals surface area contributed by atoms with Crippen molar-refractivity contribution in [3.63, 3.8) is 0 Å². The summed E-state index contributed by atoms with van der Waals surface area (Å²) in [6, 6.07) is 0. The molecule has 0 bridgehead atoms. The van der Waals surface area contributed by atoms with Gasteiger partial charge in [0, 0.05) is 0 Å². The molecule has 76 valence electrons. The van der Waals surface area contributed by atoms with Crippen molar-refractivity contribution in [2.45, 2.75) is 34.3 Å². The zero-order chi connectivity index (χ0) is 10.7. The normalized spacial score (nSPS) is 12.7.